The average molecular weight is 330 g/mol. The maximum absolute atomic E-state index is 12.3. The van der Waals surface area contributed by atoms with Gasteiger partial charge in [0, 0.05) is 18.9 Å². The third-order valence-corrected chi connectivity index (χ3v) is 3.84. The standard InChI is InChI=1S/C17H22N4O3/c1-5-13(15-8-9-18-21(15)3)19-17(23)20-14-10-12(16(22)24-4)7-6-11(14)2/h6-10,13H,5H2,1-4H3,(H2,19,20,23)/t13-/m1/s1. The van der Waals surface area contributed by atoms with Crippen LogP contribution in [0.3, 0.4) is 0 Å². The number of anilines is 1. The van der Waals surface area contributed by atoms with Gasteiger partial charge in [-0.05, 0) is 37.1 Å². The van der Waals surface area contributed by atoms with E-state index in [-0.39, 0.29) is 12.1 Å². The van der Waals surface area contributed by atoms with E-state index in [1.54, 1.807) is 29.1 Å². The monoisotopic (exact) mass is 330 g/mol. The molecule has 0 unspecified atom stereocenters. The highest BCUT2D eigenvalue weighted by atomic mass is 16.5. The van der Waals surface area contributed by atoms with Crippen LogP contribution in [0.2, 0.25) is 0 Å². The summed E-state index contributed by atoms with van der Waals surface area (Å²) in [7, 11) is 3.16. The minimum atomic E-state index is -0.445. The number of aryl methyl sites for hydroxylation is 2. The Bertz CT molecular complexity index is 739. The molecular weight excluding hydrogens is 308 g/mol. The minimum Gasteiger partial charge on any atom is -0.465 e. The van der Waals surface area contributed by atoms with Crippen LogP contribution in [0.4, 0.5) is 10.5 Å². The Hall–Kier alpha value is -2.83. The molecule has 0 radical (unpaired) electrons. The second kappa shape index (κ2) is 7.63. The highest BCUT2D eigenvalue weighted by Crippen LogP contribution is 2.19. The van der Waals surface area contributed by atoms with E-state index < -0.39 is 5.97 Å². The summed E-state index contributed by atoms with van der Waals surface area (Å²) < 4.78 is 6.44. The van der Waals surface area contributed by atoms with Gasteiger partial charge >= 0.3 is 12.0 Å². The zero-order valence-electron chi connectivity index (χ0n) is 14.3. The summed E-state index contributed by atoms with van der Waals surface area (Å²) in [5.41, 5.74) is 2.73. The quantitative estimate of drug-likeness (QED) is 0.826. The van der Waals surface area contributed by atoms with Gasteiger partial charge in [-0.15, -0.1) is 0 Å². The lowest BCUT2D eigenvalue weighted by atomic mass is 10.1. The SMILES string of the molecule is CC[C@@H](NC(=O)Nc1cc(C(=O)OC)ccc1C)c1ccnn1C. The normalized spacial score (nSPS) is 11.7. The second-order valence-corrected chi connectivity index (χ2v) is 5.46. The van der Waals surface area contributed by atoms with E-state index in [2.05, 4.69) is 15.7 Å². The molecule has 1 aromatic heterocycles. The van der Waals surface area contributed by atoms with E-state index >= 15 is 0 Å². The molecule has 7 heteroatoms. The first-order valence-corrected chi connectivity index (χ1v) is 7.70. The number of carbonyl (C=O) groups excluding carboxylic acids is 2. The van der Waals surface area contributed by atoms with Crippen molar-refractivity contribution in [2.24, 2.45) is 7.05 Å². The Balaban J connectivity index is 2.11. The number of rotatable bonds is 5. The van der Waals surface area contributed by atoms with E-state index in [0.717, 1.165) is 17.7 Å². The van der Waals surface area contributed by atoms with Crippen LogP contribution >= 0.6 is 0 Å². The Morgan fingerprint density at radius 2 is 2.08 bits per heavy atom. The van der Waals surface area contributed by atoms with Crippen molar-refractivity contribution in [1.29, 1.82) is 0 Å². The number of aromatic nitrogens is 2. The molecule has 7 nitrogen and oxygen atoms in total. The minimum absolute atomic E-state index is 0.151. The van der Waals surface area contributed by atoms with Crippen LogP contribution in [-0.2, 0) is 11.8 Å². The molecule has 0 aliphatic rings. The van der Waals surface area contributed by atoms with Gasteiger partial charge in [0.15, 0.2) is 0 Å². The van der Waals surface area contributed by atoms with Gasteiger partial charge in [0.2, 0.25) is 0 Å². The fraction of sp³-hybridized carbons (Fsp3) is 0.353. The topological polar surface area (TPSA) is 85.2 Å². The zero-order valence-corrected chi connectivity index (χ0v) is 14.3. The summed E-state index contributed by atoms with van der Waals surface area (Å²) in [6.45, 7) is 3.84. The lowest BCUT2D eigenvalue weighted by molar-refractivity contribution is 0.0600. The fourth-order valence-electron chi connectivity index (χ4n) is 2.43. The Kier molecular flexibility index (Phi) is 5.57. The fourth-order valence-corrected chi connectivity index (χ4v) is 2.43. The maximum atomic E-state index is 12.3. The predicted octanol–water partition coefficient (Wildman–Crippen LogP) is 2.79. The molecule has 0 aliphatic heterocycles. The number of hydrogen-bond acceptors (Lipinski definition) is 4. The first kappa shape index (κ1) is 17.5. The lowest BCUT2D eigenvalue weighted by Gasteiger charge is -2.18. The number of hydrogen-bond donors (Lipinski definition) is 2. The van der Waals surface area contributed by atoms with E-state index in [1.807, 2.05) is 27.0 Å². The van der Waals surface area contributed by atoms with Gasteiger partial charge < -0.3 is 15.4 Å². The molecule has 2 amide bonds. The van der Waals surface area contributed by atoms with Gasteiger partial charge in [0.05, 0.1) is 24.4 Å². The molecule has 0 bridgehead atoms. The number of carbonyl (C=O) groups is 2. The summed E-state index contributed by atoms with van der Waals surface area (Å²) in [5.74, 6) is -0.445. The number of methoxy groups -OCH3 is 1. The summed E-state index contributed by atoms with van der Waals surface area (Å²) in [5, 5.41) is 9.83. The lowest BCUT2D eigenvalue weighted by Crippen LogP contribution is -2.33. The van der Waals surface area contributed by atoms with Crippen LogP contribution in [0.15, 0.2) is 30.5 Å². The summed E-state index contributed by atoms with van der Waals surface area (Å²) in [6, 6.07) is 6.41. The van der Waals surface area contributed by atoms with Crippen molar-refractivity contribution in [2.45, 2.75) is 26.3 Å². The zero-order chi connectivity index (χ0) is 17.7. The molecule has 2 N–H and O–H groups in total. The van der Waals surface area contributed by atoms with Gasteiger partial charge in [-0.25, -0.2) is 9.59 Å². The van der Waals surface area contributed by atoms with Crippen molar-refractivity contribution in [3.8, 4) is 0 Å². The molecule has 2 aromatic rings. The van der Waals surface area contributed by atoms with Crippen LogP contribution < -0.4 is 10.6 Å². The predicted molar refractivity (Wildman–Crippen MR) is 90.9 cm³/mol. The van der Waals surface area contributed by atoms with Gasteiger partial charge in [-0.2, -0.15) is 5.10 Å². The number of ether oxygens (including phenoxy) is 1. The highest BCUT2D eigenvalue weighted by Gasteiger charge is 2.17. The number of esters is 1. The maximum Gasteiger partial charge on any atom is 0.337 e. The molecule has 0 aliphatic carbocycles. The van der Waals surface area contributed by atoms with Crippen molar-refractivity contribution in [2.75, 3.05) is 12.4 Å². The third kappa shape index (κ3) is 3.92. The molecule has 24 heavy (non-hydrogen) atoms. The Morgan fingerprint density at radius 3 is 2.67 bits per heavy atom. The summed E-state index contributed by atoms with van der Waals surface area (Å²) in [4.78, 5) is 23.9. The molecule has 2 rings (SSSR count). The van der Waals surface area contributed by atoms with Crippen LogP contribution in [0, 0.1) is 6.92 Å². The van der Waals surface area contributed by atoms with E-state index in [4.69, 9.17) is 4.74 Å². The van der Waals surface area contributed by atoms with Gasteiger partial charge in [0.25, 0.3) is 0 Å². The van der Waals surface area contributed by atoms with Gasteiger partial charge in [0.1, 0.15) is 0 Å². The summed E-state index contributed by atoms with van der Waals surface area (Å²) >= 11 is 0. The second-order valence-electron chi connectivity index (χ2n) is 5.46. The number of nitrogens with one attached hydrogen (secondary N) is 2. The smallest absolute Gasteiger partial charge is 0.337 e. The van der Waals surface area contributed by atoms with E-state index in [1.165, 1.54) is 7.11 Å². The Labute approximate surface area is 141 Å². The molecule has 0 spiro atoms. The molecule has 0 fully saturated rings. The van der Waals surface area contributed by atoms with Crippen molar-refractivity contribution < 1.29 is 14.3 Å². The molecule has 1 heterocycles. The van der Waals surface area contributed by atoms with Crippen LogP contribution in [0.1, 0.15) is 41.0 Å². The number of urea groups is 1. The number of nitrogens with zero attached hydrogens (tertiary/aromatic N) is 2. The largest absolute Gasteiger partial charge is 0.465 e. The Morgan fingerprint density at radius 1 is 1.33 bits per heavy atom. The van der Waals surface area contributed by atoms with Crippen LogP contribution in [0.5, 0.6) is 0 Å². The molecule has 0 saturated heterocycles. The van der Waals surface area contributed by atoms with Gasteiger partial charge in [-0.3, -0.25) is 4.68 Å². The highest BCUT2D eigenvalue weighted by molar-refractivity contribution is 5.94. The van der Waals surface area contributed by atoms with Crippen molar-refractivity contribution in [1.82, 2.24) is 15.1 Å². The van der Waals surface area contributed by atoms with E-state index in [9.17, 15) is 9.59 Å². The van der Waals surface area contributed by atoms with E-state index in [0.29, 0.717) is 11.3 Å². The van der Waals surface area contributed by atoms with Crippen LogP contribution in [-0.4, -0.2) is 28.9 Å². The molecule has 128 valence electrons. The number of amides is 2. The average Bonchev–Trinajstić information content (AvgIpc) is 2.99. The first-order valence-electron chi connectivity index (χ1n) is 7.70. The van der Waals surface area contributed by atoms with Crippen molar-refractivity contribution >= 4 is 17.7 Å². The van der Waals surface area contributed by atoms with Gasteiger partial charge in [-0.1, -0.05) is 13.0 Å². The molecule has 0 saturated carbocycles. The number of benzene rings is 1. The summed E-state index contributed by atoms with van der Waals surface area (Å²) in [6.07, 6.45) is 2.43. The van der Waals surface area contributed by atoms with Crippen LogP contribution in [0.25, 0.3) is 0 Å². The molecule has 1 aromatic carbocycles. The third-order valence-electron chi connectivity index (χ3n) is 3.84. The molecule has 1 atom stereocenters. The van der Waals surface area contributed by atoms with Crippen molar-refractivity contribution in [3.63, 3.8) is 0 Å². The van der Waals surface area contributed by atoms with Crippen molar-refractivity contribution in [3.05, 3.63) is 47.3 Å². The first-order chi connectivity index (χ1) is 11.5. The molecular formula is C17H22N4O3.